The summed E-state index contributed by atoms with van der Waals surface area (Å²) in [5.41, 5.74) is 2.72. The Morgan fingerprint density at radius 1 is 1.00 bits per heavy atom. The van der Waals surface area contributed by atoms with E-state index < -0.39 is 11.7 Å². The average molecular weight is 396 g/mol. The molecule has 0 aliphatic heterocycles. The number of hydrogen-bond donors (Lipinski definition) is 0. The van der Waals surface area contributed by atoms with Crippen molar-refractivity contribution in [2.24, 2.45) is 5.92 Å². The molecule has 0 amide bonds. The van der Waals surface area contributed by atoms with Crippen molar-refractivity contribution in [1.29, 1.82) is 0 Å². The fourth-order valence-electron chi connectivity index (χ4n) is 4.05. The largest absolute Gasteiger partial charge is 0.416 e. The summed E-state index contributed by atoms with van der Waals surface area (Å²) in [5, 5.41) is 0. The minimum atomic E-state index is -4.27. The van der Waals surface area contributed by atoms with Crippen molar-refractivity contribution in [2.75, 3.05) is 0 Å². The van der Waals surface area contributed by atoms with E-state index in [1.807, 2.05) is 6.08 Å². The van der Waals surface area contributed by atoms with Crippen LogP contribution in [0.15, 0.2) is 61.2 Å². The monoisotopic (exact) mass is 396 g/mol. The van der Waals surface area contributed by atoms with Crippen molar-refractivity contribution in [3.63, 3.8) is 0 Å². The van der Waals surface area contributed by atoms with Gasteiger partial charge in [0, 0.05) is 17.4 Å². The van der Waals surface area contributed by atoms with Gasteiger partial charge in [-0.3, -0.25) is 0 Å². The fraction of sp³-hybridized carbons (Fsp3) is 0.385. The molecule has 0 N–H and O–H groups in total. The SMILES string of the molecule is C=CC(CC)c1ccc(C#C[C@H]2CC[C@H](c3ccc(C(F)(F)F)cc3)CC2)cc1. The van der Waals surface area contributed by atoms with Crippen LogP contribution in [-0.4, -0.2) is 0 Å². The lowest BCUT2D eigenvalue weighted by atomic mass is 9.79. The number of benzene rings is 2. The number of allylic oxidation sites excluding steroid dienone is 1. The van der Waals surface area contributed by atoms with Crippen LogP contribution in [0.3, 0.4) is 0 Å². The van der Waals surface area contributed by atoms with Crippen LogP contribution < -0.4 is 0 Å². The first-order valence-electron chi connectivity index (χ1n) is 10.3. The van der Waals surface area contributed by atoms with Gasteiger partial charge in [0.25, 0.3) is 0 Å². The van der Waals surface area contributed by atoms with E-state index in [0.29, 0.717) is 17.8 Å². The second kappa shape index (κ2) is 9.35. The quantitative estimate of drug-likeness (QED) is 0.367. The van der Waals surface area contributed by atoms with Crippen LogP contribution in [0.2, 0.25) is 0 Å². The second-order valence-corrected chi connectivity index (χ2v) is 7.81. The molecule has 2 aromatic rings. The third kappa shape index (κ3) is 5.54. The highest BCUT2D eigenvalue weighted by Crippen LogP contribution is 2.37. The predicted octanol–water partition coefficient (Wildman–Crippen LogP) is 7.71. The predicted molar refractivity (Wildman–Crippen MR) is 113 cm³/mol. The lowest BCUT2D eigenvalue weighted by Crippen LogP contribution is -2.12. The molecule has 1 unspecified atom stereocenters. The zero-order chi connectivity index (χ0) is 20.9. The van der Waals surface area contributed by atoms with Crippen molar-refractivity contribution >= 4 is 0 Å². The molecule has 2 aromatic carbocycles. The van der Waals surface area contributed by atoms with Gasteiger partial charge < -0.3 is 0 Å². The maximum atomic E-state index is 12.7. The standard InChI is InChI=1S/C26H27F3/c1-3-21(4-2)22-11-7-19(8-12-22)5-6-20-9-13-23(14-10-20)24-15-17-25(18-16-24)26(27,28)29/h3,7-8,11-12,15-18,20-21,23H,1,4,9-10,13-14H2,2H3/t20-,21?,23-. The summed E-state index contributed by atoms with van der Waals surface area (Å²) in [7, 11) is 0. The molecule has 0 bridgehead atoms. The highest BCUT2D eigenvalue weighted by molar-refractivity contribution is 5.38. The van der Waals surface area contributed by atoms with Gasteiger partial charge >= 0.3 is 6.18 Å². The van der Waals surface area contributed by atoms with Gasteiger partial charge in [0.05, 0.1) is 5.56 Å². The van der Waals surface area contributed by atoms with E-state index in [4.69, 9.17) is 0 Å². The summed E-state index contributed by atoms with van der Waals surface area (Å²) in [4.78, 5) is 0. The highest BCUT2D eigenvalue weighted by atomic mass is 19.4. The summed E-state index contributed by atoms with van der Waals surface area (Å²) in [6, 6.07) is 14.1. The van der Waals surface area contributed by atoms with E-state index in [9.17, 15) is 13.2 Å². The summed E-state index contributed by atoms with van der Waals surface area (Å²) in [5.74, 6) is 7.77. The Kier molecular flexibility index (Phi) is 6.85. The average Bonchev–Trinajstić information content (AvgIpc) is 2.74. The lowest BCUT2D eigenvalue weighted by Gasteiger charge is -2.26. The number of hydrogen-bond acceptors (Lipinski definition) is 0. The van der Waals surface area contributed by atoms with Crippen molar-refractivity contribution in [3.8, 4) is 11.8 Å². The second-order valence-electron chi connectivity index (χ2n) is 7.81. The normalized spacial score (nSPS) is 20.4. The van der Waals surface area contributed by atoms with Crippen LogP contribution in [0.5, 0.6) is 0 Å². The molecule has 0 heterocycles. The Morgan fingerprint density at radius 2 is 1.62 bits per heavy atom. The molecule has 0 radical (unpaired) electrons. The molecular formula is C26H27F3. The molecule has 0 aromatic heterocycles. The molecule has 0 spiro atoms. The smallest absolute Gasteiger partial charge is 0.166 e. The van der Waals surface area contributed by atoms with Gasteiger partial charge in [0.15, 0.2) is 0 Å². The Balaban J connectivity index is 1.56. The van der Waals surface area contributed by atoms with Gasteiger partial charge in [0.2, 0.25) is 0 Å². The van der Waals surface area contributed by atoms with Gasteiger partial charge in [-0.1, -0.05) is 49.1 Å². The summed E-state index contributed by atoms with van der Waals surface area (Å²) in [6.45, 7) is 6.05. The molecule has 0 saturated heterocycles. The van der Waals surface area contributed by atoms with Gasteiger partial charge in [0.1, 0.15) is 0 Å². The summed E-state index contributed by atoms with van der Waals surface area (Å²) >= 11 is 0. The van der Waals surface area contributed by atoms with Crippen LogP contribution in [0.25, 0.3) is 0 Å². The Hall–Kier alpha value is -2.47. The van der Waals surface area contributed by atoms with E-state index in [1.54, 1.807) is 12.1 Å². The van der Waals surface area contributed by atoms with E-state index in [1.165, 1.54) is 17.7 Å². The van der Waals surface area contributed by atoms with Crippen LogP contribution in [0.4, 0.5) is 13.2 Å². The third-order valence-electron chi connectivity index (χ3n) is 5.92. The molecule has 1 aliphatic carbocycles. The lowest BCUT2D eigenvalue weighted by molar-refractivity contribution is -0.137. The Labute approximate surface area is 171 Å². The van der Waals surface area contributed by atoms with Crippen molar-refractivity contribution < 1.29 is 13.2 Å². The van der Waals surface area contributed by atoms with E-state index in [0.717, 1.165) is 43.2 Å². The van der Waals surface area contributed by atoms with Crippen LogP contribution in [0, 0.1) is 17.8 Å². The van der Waals surface area contributed by atoms with Crippen molar-refractivity contribution in [1.82, 2.24) is 0 Å². The Morgan fingerprint density at radius 3 is 2.14 bits per heavy atom. The minimum Gasteiger partial charge on any atom is -0.166 e. The van der Waals surface area contributed by atoms with Crippen molar-refractivity contribution in [3.05, 3.63) is 83.4 Å². The highest BCUT2D eigenvalue weighted by Gasteiger charge is 2.30. The van der Waals surface area contributed by atoms with Gasteiger partial charge in [-0.2, -0.15) is 13.2 Å². The molecule has 152 valence electrons. The van der Waals surface area contributed by atoms with Crippen LogP contribution in [0.1, 0.15) is 73.1 Å². The third-order valence-corrected chi connectivity index (χ3v) is 5.92. The Bertz CT molecular complexity index is 855. The van der Waals surface area contributed by atoms with E-state index >= 15 is 0 Å². The van der Waals surface area contributed by atoms with Crippen molar-refractivity contribution in [2.45, 2.75) is 57.0 Å². The fourth-order valence-corrected chi connectivity index (χ4v) is 4.05. The van der Waals surface area contributed by atoms with Gasteiger partial charge in [-0.05, 0) is 73.4 Å². The molecular weight excluding hydrogens is 369 g/mol. The molecule has 1 fully saturated rings. The molecule has 1 aliphatic rings. The summed E-state index contributed by atoms with van der Waals surface area (Å²) in [6.07, 6.45) is 2.68. The molecule has 3 rings (SSSR count). The maximum absolute atomic E-state index is 12.7. The number of alkyl halides is 3. The molecule has 1 atom stereocenters. The minimum absolute atomic E-state index is 0.333. The first-order chi connectivity index (χ1) is 13.9. The molecule has 3 heteroatoms. The molecule has 0 nitrogen and oxygen atoms in total. The zero-order valence-electron chi connectivity index (χ0n) is 16.8. The van der Waals surface area contributed by atoms with Gasteiger partial charge in [-0.25, -0.2) is 0 Å². The van der Waals surface area contributed by atoms with Crippen LogP contribution in [-0.2, 0) is 6.18 Å². The van der Waals surface area contributed by atoms with E-state index in [-0.39, 0.29) is 0 Å². The van der Waals surface area contributed by atoms with Crippen LogP contribution >= 0.6 is 0 Å². The number of halogens is 3. The molecule has 1 saturated carbocycles. The van der Waals surface area contributed by atoms with Gasteiger partial charge in [-0.15, -0.1) is 6.58 Å². The molecule has 29 heavy (non-hydrogen) atoms. The van der Waals surface area contributed by atoms with E-state index in [2.05, 4.69) is 49.6 Å². The maximum Gasteiger partial charge on any atom is 0.416 e. The summed E-state index contributed by atoms with van der Waals surface area (Å²) < 4.78 is 38.1. The zero-order valence-corrected chi connectivity index (χ0v) is 16.8. The topological polar surface area (TPSA) is 0 Å². The first kappa shape index (κ1) is 21.2. The first-order valence-corrected chi connectivity index (χ1v) is 10.3. The number of rotatable bonds is 4.